The molecule has 0 saturated carbocycles. The van der Waals surface area contributed by atoms with E-state index in [1.165, 1.54) is 22.9 Å². The molecule has 196 valence electrons. The predicted octanol–water partition coefficient (Wildman–Crippen LogP) is 6.86. The van der Waals surface area contributed by atoms with Gasteiger partial charge >= 0.3 is 5.97 Å². The smallest absolute Gasteiger partial charge is 0.335 e. The Morgan fingerprint density at radius 2 is 1.51 bits per heavy atom. The van der Waals surface area contributed by atoms with Crippen molar-refractivity contribution >= 4 is 43.7 Å². The van der Waals surface area contributed by atoms with Crippen molar-refractivity contribution in [3.8, 4) is 0 Å². The molecule has 0 spiro atoms. The van der Waals surface area contributed by atoms with Gasteiger partial charge in [-0.05, 0) is 89.1 Å². The lowest BCUT2D eigenvalue weighted by molar-refractivity contribution is -0.0369. The number of carboxylic acid groups (broad SMARTS) is 1. The van der Waals surface area contributed by atoms with Crippen LogP contribution in [0.15, 0.2) is 34.8 Å². The topological polar surface area (TPSA) is 91.4 Å². The first-order chi connectivity index (χ1) is 17.8. The maximum atomic E-state index is 11.1. The van der Waals surface area contributed by atoms with Crippen LogP contribution in [0, 0.1) is 20.8 Å². The fraction of sp³-hybridized carbons (Fsp3) is 0.464. The van der Waals surface area contributed by atoms with Crippen LogP contribution in [-0.4, -0.2) is 43.9 Å². The van der Waals surface area contributed by atoms with Crippen molar-refractivity contribution in [3.63, 3.8) is 0 Å². The summed E-state index contributed by atoms with van der Waals surface area (Å²) in [4.78, 5) is 11.1. The first-order valence-electron chi connectivity index (χ1n) is 12.9. The van der Waals surface area contributed by atoms with Crippen LogP contribution < -0.4 is 0 Å². The number of nitrogens with zero attached hydrogens (tertiary/aromatic N) is 4. The van der Waals surface area contributed by atoms with Crippen LogP contribution in [0.5, 0.6) is 0 Å². The van der Waals surface area contributed by atoms with Crippen LogP contribution in [0.4, 0.5) is 0 Å². The summed E-state index contributed by atoms with van der Waals surface area (Å²) in [5.41, 5.74) is 5.55. The minimum Gasteiger partial charge on any atom is -0.478 e. The summed E-state index contributed by atoms with van der Waals surface area (Å²) in [6.07, 6.45) is 6.58. The molecular formula is C28H33BrN4O4. The van der Waals surface area contributed by atoms with E-state index in [4.69, 9.17) is 14.6 Å². The van der Waals surface area contributed by atoms with Gasteiger partial charge in [-0.25, -0.2) is 14.2 Å². The van der Waals surface area contributed by atoms with E-state index >= 15 is 0 Å². The number of aryl methyl sites for hydroxylation is 3. The summed E-state index contributed by atoms with van der Waals surface area (Å²) in [6.45, 7) is 7.72. The Hall–Kier alpha value is -2.75. The molecule has 2 saturated heterocycles. The molecule has 6 rings (SSSR count). The second-order valence-corrected chi connectivity index (χ2v) is 10.8. The molecule has 0 amide bonds. The minimum atomic E-state index is -0.920. The van der Waals surface area contributed by atoms with E-state index in [0.717, 1.165) is 72.1 Å². The Labute approximate surface area is 224 Å². The Balaban J connectivity index is 0.000000152. The quantitative estimate of drug-likeness (QED) is 0.290. The van der Waals surface area contributed by atoms with Gasteiger partial charge in [-0.15, -0.1) is 0 Å². The summed E-state index contributed by atoms with van der Waals surface area (Å²) in [5.74, 6) is -0.920. The van der Waals surface area contributed by atoms with Gasteiger partial charge in [-0.3, -0.25) is 0 Å². The number of carboxylic acids is 1. The summed E-state index contributed by atoms with van der Waals surface area (Å²) >= 11 is 3.57. The maximum Gasteiger partial charge on any atom is 0.335 e. The number of benzene rings is 2. The van der Waals surface area contributed by atoms with Gasteiger partial charge < -0.3 is 14.6 Å². The third kappa shape index (κ3) is 5.30. The number of carbonyl (C=O) groups is 1. The van der Waals surface area contributed by atoms with Gasteiger partial charge in [0.25, 0.3) is 0 Å². The molecule has 2 unspecified atom stereocenters. The number of hydrogen-bond donors (Lipinski definition) is 1. The minimum absolute atomic E-state index is 0.0750. The summed E-state index contributed by atoms with van der Waals surface area (Å²) < 4.78 is 16.6. The fourth-order valence-electron chi connectivity index (χ4n) is 5.34. The van der Waals surface area contributed by atoms with Gasteiger partial charge in [0.2, 0.25) is 0 Å². The van der Waals surface area contributed by atoms with Crippen LogP contribution in [0.1, 0.15) is 78.3 Å². The highest BCUT2D eigenvalue weighted by Gasteiger charge is 2.22. The molecular weight excluding hydrogens is 536 g/mol. The largest absolute Gasteiger partial charge is 0.478 e. The first kappa shape index (κ1) is 25.9. The number of halogens is 1. The zero-order chi connectivity index (χ0) is 26.1. The second kappa shape index (κ2) is 10.9. The van der Waals surface area contributed by atoms with Gasteiger partial charge in [-0.2, -0.15) is 10.2 Å². The van der Waals surface area contributed by atoms with Gasteiger partial charge in [0.1, 0.15) is 0 Å². The highest BCUT2D eigenvalue weighted by atomic mass is 79.9. The van der Waals surface area contributed by atoms with E-state index in [2.05, 4.69) is 56.8 Å². The average Bonchev–Trinajstić information content (AvgIpc) is 3.41. The fourth-order valence-corrected chi connectivity index (χ4v) is 5.90. The van der Waals surface area contributed by atoms with Crippen LogP contribution in [0.25, 0.3) is 21.8 Å². The lowest BCUT2D eigenvalue weighted by Crippen LogP contribution is -2.19. The molecule has 0 aliphatic carbocycles. The van der Waals surface area contributed by atoms with Crippen LogP contribution in [-0.2, 0) is 9.47 Å². The van der Waals surface area contributed by atoms with Crippen LogP contribution in [0.2, 0.25) is 0 Å². The number of ether oxygens (including phenoxy) is 2. The molecule has 9 heteroatoms. The Morgan fingerprint density at radius 3 is 2.11 bits per heavy atom. The molecule has 2 aromatic carbocycles. The average molecular weight is 570 g/mol. The molecule has 0 bridgehead atoms. The van der Waals surface area contributed by atoms with E-state index in [9.17, 15) is 4.79 Å². The summed E-state index contributed by atoms with van der Waals surface area (Å²) in [6, 6.07) is 9.39. The van der Waals surface area contributed by atoms with Crippen molar-refractivity contribution in [2.24, 2.45) is 0 Å². The molecule has 2 aliphatic rings. The van der Waals surface area contributed by atoms with Gasteiger partial charge in [0.15, 0.2) is 12.5 Å². The standard InChI is InChI=1S/C14H17BrN2O.C14H16N2O3/c1-9-7-11(15)8-12-14(9)10(2)16-17(12)13-5-3-4-6-18-13;1-9-11-6-5-10(14(17)18)8-12(11)16(15-9)13-4-2-3-7-19-13/h7-8,13H,3-6H2,1-2H3;5-6,8,13H,2-4,7H2,1H3,(H,17,18). The van der Waals surface area contributed by atoms with Crippen molar-refractivity contribution in [2.75, 3.05) is 13.2 Å². The molecule has 2 fully saturated rings. The molecule has 1 N–H and O–H groups in total. The number of fused-ring (bicyclic) bond motifs is 2. The summed E-state index contributed by atoms with van der Waals surface area (Å²) in [5, 5.41) is 20.5. The second-order valence-electron chi connectivity index (χ2n) is 9.86. The molecule has 2 aliphatic heterocycles. The maximum absolute atomic E-state index is 11.1. The number of rotatable bonds is 3. The zero-order valence-corrected chi connectivity index (χ0v) is 23.1. The highest BCUT2D eigenvalue weighted by molar-refractivity contribution is 9.10. The van der Waals surface area contributed by atoms with Crippen molar-refractivity contribution in [3.05, 3.63) is 57.3 Å². The number of aromatic nitrogens is 4. The Bertz CT molecular complexity index is 1430. The van der Waals surface area contributed by atoms with Crippen LogP contribution >= 0.6 is 15.9 Å². The molecule has 2 aromatic heterocycles. The van der Waals surface area contributed by atoms with E-state index < -0.39 is 5.97 Å². The monoisotopic (exact) mass is 568 g/mol. The molecule has 2 atom stereocenters. The summed E-state index contributed by atoms with van der Waals surface area (Å²) in [7, 11) is 0. The Kier molecular flexibility index (Phi) is 7.65. The lowest BCUT2D eigenvalue weighted by atomic mass is 10.1. The van der Waals surface area contributed by atoms with Crippen molar-refractivity contribution in [2.45, 2.75) is 71.8 Å². The lowest BCUT2D eigenvalue weighted by Gasteiger charge is -2.23. The predicted molar refractivity (Wildman–Crippen MR) is 146 cm³/mol. The van der Waals surface area contributed by atoms with Crippen molar-refractivity contribution < 1.29 is 19.4 Å². The van der Waals surface area contributed by atoms with E-state index in [1.807, 2.05) is 17.7 Å². The van der Waals surface area contributed by atoms with E-state index in [-0.39, 0.29) is 18.0 Å². The van der Waals surface area contributed by atoms with E-state index in [1.54, 1.807) is 12.1 Å². The molecule has 0 radical (unpaired) electrons. The first-order valence-corrected chi connectivity index (χ1v) is 13.7. The number of aromatic carboxylic acids is 1. The van der Waals surface area contributed by atoms with Gasteiger partial charge in [0, 0.05) is 28.5 Å². The zero-order valence-electron chi connectivity index (χ0n) is 21.5. The molecule has 8 nitrogen and oxygen atoms in total. The van der Waals surface area contributed by atoms with Crippen molar-refractivity contribution in [1.29, 1.82) is 0 Å². The third-order valence-electron chi connectivity index (χ3n) is 7.14. The molecule has 4 aromatic rings. The SMILES string of the molecule is Cc1cc(Br)cc2c1c(C)nn2C1CCCCO1.Cc1nn(C2CCCCO2)c2cc(C(=O)O)ccc12. The van der Waals surface area contributed by atoms with Crippen LogP contribution in [0.3, 0.4) is 0 Å². The van der Waals surface area contributed by atoms with Gasteiger partial charge in [0.05, 0.1) is 28.0 Å². The van der Waals surface area contributed by atoms with E-state index in [0.29, 0.717) is 0 Å². The molecule has 37 heavy (non-hydrogen) atoms. The van der Waals surface area contributed by atoms with Crippen molar-refractivity contribution in [1.82, 2.24) is 19.6 Å². The Morgan fingerprint density at radius 1 is 0.892 bits per heavy atom. The molecule has 4 heterocycles. The normalized spacial score (nSPS) is 20.1. The highest BCUT2D eigenvalue weighted by Crippen LogP contribution is 2.32. The third-order valence-corrected chi connectivity index (χ3v) is 7.60. The number of hydrogen-bond acceptors (Lipinski definition) is 5. The van der Waals surface area contributed by atoms with Gasteiger partial charge in [-0.1, -0.05) is 22.0 Å².